The molecule has 1 aliphatic carbocycles. The van der Waals surface area contributed by atoms with E-state index in [1.807, 2.05) is 24.3 Å². The van der Waals surface area contributed by atoms with Crippen molar-refractivity contribution in [2.45, 2.75) is 25.3 Å². The summed E-state index contributed by atoms with van der Waals surface area (Å²) in [6, 6.07) is 27.4. The highest BCUT2D eigenvalue weighted by Gasteiger charge is 2.41. The zero-order chi connectivity index (χ0) is 21.9. The van der Waals surface area contributed by atoms with Crippen molar-refractivity contribution in [2.75, 3.05) is 19.2 Å². The predicted octanol–water partition coefficient (Wildman–Crippen LogP) is 6.50. The largest absolute Gasteiger partial charge is 0.497 e. The number of allylic oxidation sites excluding steroid dienone is 1. The van der Waals surface area contributed by atoms with Gasteiger partial charge >= 0.3 is 0 Å². The average Bonchev–Trinajstić information content (AvgIpc) is 3.26. The van der Waals surface area contributed by atoms with Gasteiger partial charge in [0.15, 0.2) is 0 Å². The molecule has 3 aromatic rings. The number of methoxy groups -OCH3 is 2. The molecule has 0 saturated heterocycles. The Bertz CT molecular complexity index is 1120. The van der Waals surface area contributed by atoms with Crippen molar-refractivity contribution in [3.05, 3.63) is 95.6 Å². The molecule has 4 heteroatoms. The highest BCUT2D eigenvalue weighted by molar-refractivity contribution is 6.08. The summed E-state index contributed by atoms with van der Waals surface area (Å²) in [6.07, 6.45) is 5.66. The smallest absolute Gasteiger partial charge is 0.118 e. The Hall–Kier alpha value is -3.53. The van der Waals surface area contributed by atoms with E-state index in [9.17, 15) is 0 Å². The lowest BCUT2D eigenvalue weighted by Gasteiger charge is -2.30. The first-order valence-electron chi connectivity index (χ1n) is 11.2. The highest BCUT2D eigenvalue weighted by Crippen LogP contribution is 2.46. The van der Waals surface area contributed by atoms with E-state index in [4.69, 9.17) is 14.6 Å². The first kappa shape index (κ1) is 20.4. The maximum atomic E-state index is 5.39. The molecule has 3 aromatic carbocycles. The summed E-state index contributed by atoms with van der Waals surface area (Å²) in [5.41, 5.74) is 6.13. The Morgan fingerprint density at radius 1 is 0.844 bits per heavy atom. The Kier molecular flexibility index (Phi) is 5.68. The lowest BCUT2D eigenvalue weighted by Crippen LogP contribution is -2.28. The Labute approximate surface area is 189 Å². The normalized spacial score (nSPS) is 21.2. The zero-order valence-electron chi connectivity index (χ0n) is 18.6. The molecule has 2 atom stereocenters. The van der Waals surface area contributed by atoms with E-state index >= 15 is 0 Å². The van der Waals surface area contributed by atoms with E-state index in [1.165, 1.54) is 28.8 Å². The second kappa shape index (κ2) is 8.91. The van der Waals surface area contributed by atoms with Gasteiger partial charge in [-0.05, 0) is 78.4 Å². The average molecular weight is 425 g/mol. The third-order valence-corrected chi connectivity index (χ3v) is 6.44. The SMILES string of the molecule is COc1ccc(C=C2CCCC3C2=NN(c2ccccc2)C3c2ccc(OC)cc2)cc1. The van der Waals surface area contributed by atoms with Gasteiger partial charge in [-0.3, -0.25) is 5.01 Å². The quantitative estimate of drug-likeness (QED) is 0.468. The molecule has 0 bridgehead atoms. The number of anilines is 1. The summed E-state index contributed by atoms with van der Waals surface area (Å²) in [6.45, 7) is 0. The van der Waals surface area contributed by atoms with Crippen LogP contribution in [0.1, 0.15) is 36.4 Å². The van der Waals surface area contributed by atoms with Gasteiger partial charge in [0.1, 0.15) is 11.5 Å². The summed E-state index contributed by atoms with van der Waals surface area (Å²) < 4.78 is 10.7. The second-order valence-electron chi connectivity index (χ2n) is 8.32. The van der Waals surface area contributed by atoms with Crippen LogP contribution in [0.2, 0.25) is 0 Å². The molecule has 2 aliphatic rings. The molecule has 1 heterocycles. The van der Waals surface area contributed by atoms with Gasteiger partial charge < -0.3 is 9.47 Å². The summed E-state index contributed by atoms with van der Waals surface area (Å²) in [5.74, 6) is 2.12. The van der Waals surface area contributed by atoms with E-state index in [-0.39, 0.29) is 6.04 Å². The Morgan fingerprint density at radius 3 is 2.16 bits per heavy atom. The number of fused-ring (bicyclic) bond motifs is 1. The first-order valence-corrected chi connectivity index (χ1v) is 11.2. The van der Waals surface area contributed by atoms with Crippen LogP contribution in [0.15, 0.2) is 89.5 Å². The van der Waals surface area contributed by atoms with Crippen LogP contribution >= 0.6 is 0 Å². The van der Waals surface area contributed by atoms with Crippen LogP contribution in [0.5, 0.6) is 11.5 Å². The molecule has 2 unspecified atom stereocenters. The van der Waals surface area contributed by atoms with E-state index in [1.54, 1.807) is 14.2 Å². The minimum absolute atomic E-state index is 0.179. The van der Waals surface area contributed by atoms with E-state index in [2.05, 4.69) is 65.7 Å². The van der Waals surface area contributed by atoms with Gasteiger partial charge in [-0.25, -0.2) is 0 Å². The summed E-state index contributed by atoms with van der Waals surface area (Å²) in [7, 11) is 3.41. The van der Waals surface area contributed by atoms with Crippen LogP contribution in [-0.4, -0.2) is 19.9 Å². The summed E-state index contributed by atoms with van der Waals surface area (Å²) in [5, 5.41) is 7.44. The summed E-state index contributed by atoms with van der Waals surface area (Å²) >= 11 is 0. The van der Waals surface area contributed by atoms with Crippen molar-refractivity contribution in [1.82, 2.24) is 0 Å². The van der Waals surface area contributed by atoms with Gasteiger partial charge in [0.05, 0.1) is 31.7 Å². The number of benzene rings is 3. The third kappa shape index (κ3) is 3.89. The molecule has 4 nitrogen and oxygen atoms in total. The molecular weight excluding hydrogens is 396 g/mol. The van der Waals surface area contributed by atoms with Gasteiger partial charge in [0.25, 0.3) is 0 Å². The molecule has 162 valence electrons. The van der Waals surface area contributed by atoms with E-state index in [0.717, 1.165) is 30.0 Å². The molecule has 1 aliphatic heterocycles. The van der Waals surface area contributed by atoms with Gasteiger partial charge in [-0.1, -0.05) is 42.5 Å². The van der Waals surface area contributed by atoms with Crippen LogP contribution in [0.25, 0.3) is 6.08 Å². The van der Waals surface area contributed by atoms with Crippen LogP contribution in [0.3, 0.4) is 0 Å². The van der Waals surface area contributed by atoms with Crippen molar-refractivity contribution in [1.29, 1.82) is 0 Å². The number of hydrogen-bond acceptors (Lipinski definition) is 4. The molecule has 0 N–H and O–H groups in total. The van der Waals surface area contributed by atoms with Crippen LogP contribution < -0.4 is 14.5 Å². The standard InChI is InChI=1S/C28H28N2O2/c1-31-24-15-11-20(12-16-24)19-22-7-6-10-26-27(22)29-30(23-8-4-3-5-9-23)28(26)21-13-17-25(32-2)18-14-21/h3-5,8-9,11-19,26,28H,6-7,10H2,1-2H3. The molecule has 0 aromatic heterocycles. The van der Waals surface area contributed by atoms with Crippen molar-refractivity contribution < 1.29 is 9.47 Å². The molecule has 1 saturated carbocycles. The van der Waals surface area contributed by atoms with Gasteiger partial charge in [0, 0.05) is 5.92 Å². The van der Waals surface area contributed by atoms with Crippen LogP contribution in [0, 0.1) is 5.92 Å². The minimum Gasteiger partial charge on any atom is -0.497 e. The molecular formula is C28H28N2O2. The first-order chi connectivity index (χ1) is 15.8. The number of hydrogen-bond donors (Lipinski definition) is 0. The van der Waals surface area contributed by atoms with Crippen LogP contribution in [0.4, 0.5) is 5.69 Å². The fourth-order valence-electron chi connectivity index (χ4n) is 4.83. The molecule has 5 rings (SSSR count). The third-order valence-electron chi connectivity index (χ3n) is 6.44. The predicted molar refractivity (Wildman–Crippen MR) is 130 cm³/mol. The lowest BCUT2D eigenvalue weighted by atomic mass is 9.77. The maximum Gasteiger partial charge on any atom is 0.118 e. The Morgan fingerprint density at radius 2 is 1.50 bits per heavy atom. The number of rotatable bonds is 5. The van der Waals surface area contributed by atoms with E-state index in [0.29, 0.717) is 5.92 Å². The monoisotopic (exact) mass is 424 g/mol. The zero-order valence-corrected chi connectivity index (χ0v) is 18.6. The van der Waals surface area contributed by atoms with Gasteiger partial charge in [-0.2, -0.15) is 5.10 Å². The number of hydrazone groups is 1. The molecule has 32 heavy (non-hydrogen) atoms. The van der Waals surface area contributed by atoms with E-state index < -0.39 is 0 Å². The molecule has 0 amide bonds. The second-order valence-corrected chi connectivity index (χ2v) is 8.32. The van der Waals surface area contributed by atoms with Crippen molar-refractivity contribution in [2.24, 2.45) is 11.0 Å². The maximum absolute atomic E-state index is 5.39. The van der Waals surface area contributed by atoms with Gasteiger partial charge in [0.2, 0.25) is 0 Å². The molecule has 1 fully saturated rings. The lowest BCUT2D eigenvalue weighted by molar-refractivity contribution is 0.414. The van der Waals surface area contributed by atoms with Crippen molar-refractivity contribution in [3.8, 4) is 11.5 Å². The van der Waals surface area contributed by atoms with Gasteiger partial charge in [-0.15, -0.1) is 0 Å². The highest BCUT2D eigenvalue weighted by atomic mass is 16.5. The number of para-hydroxylation sites is 1. The van der Waals surface area contributed by atoms with Crippen LogP contribution in [-0.2, 0) is 0 Å². The number of nitrogens with zero attached hydrogens (tertiary/aromatic N) is 2. The topological polar surface area (TPSA) is 34.1 Å². The Balaban J connectivity index is 1.54. The fourth-order valence-corrected chi connectivity index (χ4v) is 4.83. The fraction of sp³-hybridized carbons (Fsp3) is 0.250. The molecule has 0 radical (unpaired) electrons. The summed E-state index contributed by atoms with van der Waals surface area (Å²) in [4.78, 5) is 0. The minimum atomic E-state index is 0.179. The molecule has 0 spiro atoms. The van der Waals surface area contributed by atoms with Crippen molar-refractivity contribution >= 4 is 17.5 Å². The number of ether oxygens (including phenoxy) is 2. The van der Waals surface area contributed by atoms with Crippen molar-refractivity contribution in [3.63, 3.8) is 0 Å².